The van der Waals surface area contributed by atoms with E-state index >= 15 is 0 Å². The molecule has 2 atom stereocenters. The van der Waals surface area contributed by atoms with Crippen LogP contribution in [0, 0.1) is 0 Å². The number of ether oxygens (including phenoxy) is 1. The van der Waals surface area contributed by atoms with E-state index in [1.807, 2.05) is 18.2 Å². The Morgan fingerprint density at radius 2 is 2.24 bits per heavy atom. The molecule has 0 radical (unpaired) electrons. The Labute approximate surface area is 128 Å². The third kappa shape index (κ3) is 3.43. The van der Waals surface area contributed by atoms with Crippen molar-refractivity contribution in [2.75, 3.05) is 6.61 Å². The number of halogens is 1. The molecule has 1 N–H and O–H groups in total. The molecule has 1 aliphatic rings. The van der Waals surface area contributed by atoms with Crippen LogP contribution in [0.2, 0.25) is 5.02 Å². The third-order valence-electron chi connectivity index (χ3n) is 3.67. The minimum atomic E-state index is 0.267. The van der Waals surface area contributed by atoms with Crippen LogP contribution in [0.25, 0.3) is 11.5 Å². The number of aromatic nitrogens is 2. The molecule has 0 spiro atoms. The minimum absolute atomic E-state index is 0.267. The van der Waals surface area contributed by atoms with E-state index in [1.165, 1.54) is 0 Å². The van der Waals surface area contributed by atoms with Crippen LogP contribution in [-0.2, 0) is 11.3 Å². The molecule has 2 heterocycles. The van der Waals surface area contributed by atoms with Gasteiger partial charge in [-0.25, -0.2) is 0 Å². The maximum atomic E-state index is 6.12. The highest BCUT2D eigenvalue weighted by Gasteiger charge is 2.22. The number of nitrogens with zero attached hydrogens (tertiary/aromatic N) is 2. The summed E-state index contributed by atoms with van der Waals surface area (Å²) < 4.78 is 11.3. The van der Waals surface area contributed by atoms with E-state index in [0.717, 1.165) is 25.0 Å². The van der Waals surface area contributed by atoms with Crippen molar-refractivity contribution in [2.24, 2.45) is 0 Å². The second-order valence-corrected chi connectivity index (χ2v) is 5.61. The topological polar surface area (TPSA) is 60.2 Å². The van der Waals surface area contributed by atoms with E-state index in [1.54, 1.807) is 6.07 Å². The van der Waals surface area contributed by atoms with Crippen molar-refractivity contribution in [3.05, 3.63) is 35.2 Å². The predicted molar refractivity (Wildman–Crippen MR) is 80.0 cm³/mol. The summed E-state index contributed by atoms with van der Waals surface area (Å²) in [5.74, 6) is 0.997. The average molecular weight is 308 g/mol. The first kappa shape index (κ1) is 14.5. The zero-order valence-electron chi connectivity index (χ0n) is 11.9. The van der Waals surface area contributed by atoms with Crippen LogP contribution in [0.15, 0.2) is 28.7 Å². The average Bonchev–Trinajstić information content (AvgIpc) is 3.17. The summed E-state index contributed by atoms with van der Waals surface area (Å²) in [6.07, 6.45) is 2.51. The number of benzene rings is 1. The SMILES string of the molecule is CC(NCc1nnc(-c2ccccc2Cl)o1)C1CCCO1. The Morgan fingerprint density at radius 1 is 1.38 bits per heavy atom. The monoisotopic (exact) mass is 307 g/mol. The van der Waals surface area contributed by atoms with Crippen LogP contribution in [-0.4, -0.2) is 29.0 Å². The van der Waals surface area contributed by atoms with Crippen molar-refractivity contribution in [1.82, 2.24) is 15.5 Å². The molecule has 0 saturated carbocycles. The van der Waals surface area contributed by atoms with Crippen LogP contribution >= 0.6 is 11.6 Å². The molecule has 1 aromatic carbocycles. The van der Waals surface area contributed by atoms with E-state index in [-0.39, 0.29) is 12.1 Å². The van der Waals surface area contributed by atoms with E-state index in [9.17, 15) is 0 Å². The largest absolute Gasteiger partial charge is 0.419 e. The lowest BCUT2D eigenvalue weighted by Gasteiger charge is -2.18. The summed E-state index contributed by atoms with van der Waals surface area (Å²) in [6.45, 7) is 3.49. The fourth-order valence-corrected chi connectivity index (χ4v) is 2.66. The molecule has 1 aromatic heterocycles. The van der Waals surface area contributed by atoms with Gasteiger partial charge < -0.3 is 14.5 Å². The van der Waals surface area contributed by atoms with Gasteiger partial charge in [0, 0.05) is 12.6 Å². The van der Waals surface area contributed by atoms with Gasteiger partial charge in [0.25, 0.3) is 0 Å². The number of hydrogen-bond donors (Lipinski definition) is 1. The maximum Gasteiger partial charge on any atom is 0.249 e. The molecule has 0 bridgehead atoms. The molecule has 1 aliphatic heterocycles. The van der Waals surface area contributed by atoms with Crippen LogP contribution in [0.3, 0.4) is 0 Å². The lowest BCUT2D eigenvalue weighted by Crippen LogP contribution is -2.36. The molecule has 2 aromatic rings. The van der Waals surface area contributed by atoms with Gasteiger partial charge in [-0.3, -0.25) is 0 Å². The molecule has 112 valence electrons. The van der Waals surface area contributed by atoms with Crippen LogP contribution in [0.4, 0.5) is 0 Å². The highest BCUT2D eigenvalue weighted by atomic mass is 35.5. The van der Waals surface area contributed by atoms with Crippen molar-refractivity contribution in [3.8, 4) is 11.5 Å². The fraction of sp³-hybridized carbons (Fsp3) is 0.467. The second-order valence-electron chi connectivity index (χ2n) is 5.20. The molecule has 0 aliphatic carbocycles. The Morgan fingerprint density at radius 3 is 3.00 bits per heavy atom. The summed E-state index contributed by atoms with van der Waals surface area (Å²) in [7, 11) is 0. The lowest BCUT2D eigenvalue weighted by atomic mass is 10.1. The molecule has 2 unspecified atom stereocenters. The first-order valence-corrected chi connectivity index (χ1v) is 7.54. The molecule has 21 heavy (non-hydrogen) atoms. The summed E-state index contributed by atoms with van der Waals surface area (Å²) in [5, 5.41) is 12.1. The van der Waals surface area contributed by atoms with Crippen molar-refractivity contribution in [2.45, 2.75) is 38.5 Å². The first-order chi connectivity index (χ1) is 10.2. The maximum absolute atomic E-state index is 6.12. The van der Waals surface area contributed by atoms with Crippen LogP contribution in [0.5, 0.6) is 0 Å². The van der Waals surface area contributed by atoms with Crippen LogP contribution < -0.4 is 5.32 Å². The van der Waals surface area contributed by atoms with Gasteiger partial charge in [0.15, 0.2) is 0 Å². The van der Waals surface area contributed by atoms with Crippen molar-refractivity contribution < 1.29 is 9.15 Å². The summed E-state index contributed by atoms with van der Waals surface area (Å²) in [4.78, 5) is 0. The van der Waals surface area contributed by atoms with Gasteiger partial charge in [-0.05, 0) is 31.9 Å². The van der Waals surface area contributed by atoms with Gasteiger partial charge in [0.1, 0.15) is 0 Å². The number of hydrogen-bond acceptors (Lipinski definition) is 5. The number of nitrogens with one attached hydrogen (secondary N) is 1. The van der Waals surface area contributed by atoms with E-state index < -0.39 is 0 Å². The highest BCUT2D eigenvalue weighted by molar-refractivity contribution is 6.33. The highest BCUT2D eigenvalue weighted by Crippen LogP contribution is 2.26. The molecule has 0 amide bonds. The van der Waals surface area contributed by atoms with Crippen LogP contribution in [0.1, 0.15) is 25.7 Å². The lowest BCUT2D eigenvalue weighted by molar-refractivity contribution is 0.0824. The van der Waals surface area contributed by atoms with Crippen molar-refractivity contribution in [3.63, 3.8) is 0 Å². The fourth-order valence-electron chi connectivity index (χ4n) is 2.45. The Balaban J connectivity index is 1.61. The van der Waals surface area contributed by atoms with E-state index in [4.69, 9.17) is 20.8 Å². The summed E-state index contributed by atoms with van der Waals surface area (Å²) in [5.41, 5.74) is 0.755. The Bertz CT molecular complexity index is 596. The van der Waals surface area contributed by atoms with Gasteiger partial charge in [-0.1, -0.05) is 23.7 Å². The van der Waals surface area contributed by atoms with Crippen molar-refractivity contribution >= 4 is 11.6 Å². The quantitative estimate of drug-likeness (QED) is 0.920. The summed E-state index contributed by atoms with van der Waals surface area (Å²) in [6, 6.07) is 7.69. The first-order valence-electron chi connectivity index (χ1n) is 7.16. The zero-order chi connectivity index (χ0) is 14.7. The van der Waals surface area contributed by atoms with E-state index in [2.05, 4.69) is 22.4 Å². The van der Waals surface area contributed by atoms with Gasteiger partial charge in [0.05, 0.1) is 23.2 Å². The summed E-state index contributed by atoms with van der Waals surface area (Å²) >= 11 is 6.12. The normalized spacial score (nSPS) is 19.8. The zero-order valence-corrected chi connectivity index (χ0v) is 12.6. The molecule has 3 rings (SSSR count). The molecule has 1 saturated heterocycles. The predicted octanol–water partition coefficient (Wildman–Crippen LogP) is 3.05. The van der Waals surface area contributed by atoms with Gasteiger partial charge >= 0.3 is 0 Å². The van der Waals surface area contributed by atoms with Crippen molar-refractivity contribution in [1.29, 1.82) is 0 Å². The smallest absolute Gasteiger partial charge is 0.249 e. The standard InChI is InChI=1S/C15H18ClN3O2/c1-10(13-7-4-8-20-13)17-9-14-18-19-15(21-14)11-5-2-3-6-12(11)16/h2-3,5-6,10,13,17H,4,7-9H2,1H3. The Hall–Kier alpha value is -1.43. The molecule has 5 nitrogen and oxygen atoms in total. The van der Waals surface area contributed by atoms with Gasteiger partial charge in [-0.15, -0.1) is 10.2 Å². The molecule has 1 fully saturated rings. The minimum Gasteiger partial charge on any atom is -0.419 e. The molecular formula is C15H18ClN3O2. The molecular weight excluding hydrogens is 290 g/mol. The van der Waals surface area contributed by atoms with Gasteiger partial charge in [-0.2, -0.15) is 0 Å². The third-order valence-corrected chi connectivity index (χ3v) is 4.00. The van der Waals surface area contributed by atoms with Gasteiger partial charge in [0.2, 0.25) is 11.8 Å². The van der Waals surface area contributed by atoms with E-state index in [0.29, 0.717) is 23.3 Å². The second kappa shape index (κ2) is 6.56. The molecule has 6 heteroatoms. The number of rotatable bonds is 5. The Kier molecular flexibility index (Phi) is 4.53.